The first kappa shape index (κ1) is 21.2. The molecule has 24 heavy (non-hydrogen) atoms. The van der Waals surface area contributed by atoms with Crippen LogP contribution in [0.5, 0.6) is 0 Å². The van der Waals surface area contributed by atoms with E-state index in [4.69, 9.17) is 13.9 Å². The summed E-state index contributed by atoms with van der Waals surface area (Å²) >= 11 is 0. The Morgan fingerprint density at radius 2 is 1.96 bits per heavy atom. The molecule has 1 saturated heterocycles. The van der Waals surface area contributed by atoms with Crippen molar-refractivity contribution < 1.29 is 23.4 Å². The van der Waals surface area contributed by atoms with Crippen molar-refractivity contribution in [1.82, 2.24) is 0 Å². The molecule has 0 aromatic rings. The van der Waals surface area contributed by atoms with Crippen LogP contribution in [0, 0.1) is 0 Å². The van der Waals surface area contributed by atoms with Gasteiger partial charge in [0.25, 0.3) is 0 Å². The molecule has 5 nitrogen and oxygen atoms in total. The number of carbonyl (C=O) groups excluding carboxylic acids is 1. The van der Waals surface area contributed by atoms with Gasteiger partial charge in [0.05, 0.1) is 31.7 Å². The van der Waals surface area contributed by atoms with Gasteiger partial charge < -0.3 is 18.6 Å². The highest BCUT2D eigenvalue weighted by Gasteiger charge is 2.38. The van der Waals surface area contributed by atoms with Crippen molar-refractivity contribution in [2.24, 2.45) is 0 Å². The Hall–Kier alpha value is -0.853. The molecular weight excluding hydrogens is 324 g/mol. The third kappa shape index (κ3) is 6.57. The van der Waals surface area contributed by atoms with Crippen LogP contribution in [0.2, 0.25) is 18.1 Å². The van der Waals surface area contributed by atoms with Gasteiger partial charge in [-0.3, -0.25) is 0 Å². The maximum atomic E-state index is 11.1. The smallest absolute Gasteiger partial charge is 0.333 e. The Balaban J connectivity index is 2.54. The number of methoxy groups -OCH3 is 1. The third-order valence-corrected chi connectivity index (χ3v) is 9.55. The summed E-state index contributed by atoms with van der Waals surface area (Å²) in [5.74, 6) is -0.419. The molecule has 140 valence electrons. The van der Waals surface area contributed by atoms with E-state index in [1.54, 1.807) is 0 Å². The van der Waals surface area contributed by atoms with Crippen LogP contribution in [0.4, 0.5) is 0 Å². The highest BCUT2D eigenvalue weighted by Crippen LogP contribution is 2.36. The summed E-state index contributed by atoms with van der Waals surface area (Å²) in [4.78, 5) is 11.1. The van der Waals surface area contributed by atoms with E-state index in [9.17, 15) is 4.79 Å². The number of carbonyl (C=O) groups is 1. The van der Waals surface area contributed by atoms with Crippen molar-refractivity contribution in [3.8, 4) is 0 Å². The van der Waals surface area contributed by atoms with Crippen LogP contribution in [0.25, 0.3) is 0 Å². The summed E-state index contributed by atoms with van der Waals surface area (Å²) in [6, 6.07) is 0. The van der Waals surface area contributed by atoms with Crippen LogP contribution >= 0.6 is 0 Å². The Labute approximate surface area is 147 Å². The maximum Gasteiger partial charge on any atom is 0.333 e. The first-order chi connectivity index (χ1) is 11.1. The van der Waals surface area contributed by atoms with Gasteiger partial charge in [0.2, 0.25) is 0 Å². The lowest BCUT2D eigenvalue weighted by Crippen LogP contribution is -2.43. The minimum Gasteiger partial charge on any atom is -0.495 e. The van der Waals surface area contributed by atoms with Crippen LogP contribution in [-0.4, -0.2) is 46.3 Å². The van der Waals surface area contributed by atoms with Crippen molar-refractivity contribution in [2.75, 3.05) is 13.7 Å². The van der Waals surface area contributed by atoms with Gasteiger partial charge in [-0.15, -0.1) is 0 Å². The molecule has 1 aliphatic heterocycles. The minimum absolute atomic E-state index is 0.0131. The minimum atomic E-state index is -1.75. The van der Waals surface area contributed by atoms with E-state index in [-0.39, 0.29) is 23.4 Å². The molecule has 1 heterocycles. The van der Waals surface area contributed by atoms with E-state index in [1.165, 1.54) is 19.4 Å². The quantitative estimate of drug-likeness (QED) is 0.297. The summed E-state index contributed by atoms with van der Waals surface area (Å²) < 4.78 is 22.6. The second kappa shape index (κ2) is 9.01. The fourth-order valence-corrected chi connectivity index (χ4v) is 3.42. The normalized spacial score (nSPS) is 25.7. The molecule has 0 radical (unpaired) electrons. The third-order valence-electron chi connectivity index (χ3n) is 5.01. The van der Waals surface area contributed by atoms with Crippen LogP contribution < -0.4 is 0 Å². The summed E-state index contributed by atoms with van der Waals surface area (Å²) in [5.41, 5.74) is 0. The highest BCUT2D eigenvalue weighted by atomic mass is 28.4. The Morgan fingerprint density at radius 1 is 1.29 bits per heavy atom. The number of hydrogen-bond acceptors (Lipinski definition) is 5. The van der Waals surface area contributed by atoms with E-state index in [1.807, 2.05) is 0 Å². The van der Waals surface area contributed by atoms with Crippen LogP contribution in [0.15, 0.2) is 12.3 Å². The molecule has 3 atom stereocenters. The van der Waals surface area contributed by atoms with E-state index in [0.29, 0.717) is 6.61 Å². The van der Waals surface area contributed by atoms with Gasteiger partial charge in [-0.05, 0) is 44.3 Å². The van der Waals surface area contributed by atoms with Crippen molar-refractivity contribution in [2.45, 2.75) is 83.4 Å². The van der Waals surface area contributed by atoms with Crippen molar-refractivity contribution in [3.63, 3.8) is 0 Å². The molecule has 1 aliphatic rings. The summed E-state index contributed by atoms with van der Waals surface area (Å²) in [5, 5.41) is 0.201. The number of rotatable bonds is 7. The Kier molecular flexibility index (Phi) is 7.96. The zero-order valence-corrected chi connectivity index (χ0v) is 17.3. The van der Waals surface area contributed by atoms with Gasteiger partial charge in [0.15, 0.2) is 8.32 Å². The van der Waals surface area contributed by atoms with Gasteiger partial charge in [-0.1, -0.05) is 20.8 Å². The van der Waals surface area contributed by atoms with Gasteiger partial charge in [0, 0.05) is 6.61 Å². The zero-order valence-electron chi connectivity index (χ0n) is 16.3. The monoisotopic (exact) mass is 358 g/mol. The first-order valence-corrected chi connectivity index (χ1v) is 11.7. The molecule has 0 N–H and O–H groups in total. The molecule has 0 aliphatic carbocycles. The molecule has 6 heteroatoms. The molecule has 0 spiro atoms. The molecule has 1 fully saturated rings. The lowest BCUT2D eigenvalue weighted by molar-refractivity contribution is -0.135. The summed E-state index contributed by atoms with van der Waals surface area (Å²) in [6.45, 7) is 14.0. The highest BCUT2D eigenvalue weighted by molar-refractivity contribution is 6.74. The van der Waals surface area contributed by atoms with Gasteiger partial charge in [-0.25, -0.2) is 4.79 Å². The van der Waals surface area contributed by atoms with Gasteiger partial charge in [-0.2, -0.15) is 0 Å². The summed E-state index contributed by atoms with van der Waals surface area (Å²) in [6.07, 6.45) is 5.54. The number of hydrogen-bond donors (Lipinski definition) is 0. The standard InChI is InChI=1S/C18H34O5Si/c1-14-8-9-15(21-12-11-17(19)20-5)16(23-14)10-13-22-24(6,7)18(2,3)4/h11-12,14-16H,8-10,13H2,1-7H3/b12-11+/t14-,15-,16+/m0/s1. The van der Waals surface area contributed by atoms with Crippen LogP contribution in [-0.2, 0) is 23.4 Å². The Bertz CT molecular complexity index is 428. The van der Waals surface area contributed by atoms with E-state index < -0.39 is 14.3 Å². The van der Waals surface area contributed by atoms with Crippen LogP contribution in [0.3, 0.4) is 0 Å². The molecule has 0 aromatic carbocycles. The molecular formula is C18H34O5Si. The van der Waals surface area contributed by atoms with Crippen molar-refractivity contribution in [1.29, 1.82) is 0 Å². The predicted molar refractivity (Wildman–Crippen MR) is 97.4 cm³/mol. The molecule has 0 aromatic heterocycles. The average molecular weight is 359 g/mol. The lowest BCUT2D eigenvalue weighted by atomic mass is 9.99. The van der Waals surface area contributed by atoms with Crippen molar-refractivity contribution >= 4 is 14.3 Å². The molecule has 0 amide bonds. The fourth-order valence-electron chi connectivity index (χ4n) is 2.36. The predicted octanol–water partition coefficient (Wildman–Crippen LogP) is 4.04. The Morgan fingerprint density at radius 3 is 2.54 bits per heavy atom. The van der Waals surface area contributed by atoms with Gasteiger partial charge >= 0.3 is 5.97 Å². The number of ether oxygens (including phenoxy) is 3. The zero-order chi connectivity index (χ0) is 18.4. The summed E-state index contributed by atoms with van der Waals surface area (Å²) in [7, 11) is -0.399. The number of esters is 1. The molecule has 0 saturated carbocycles. The second-order valence-corrected chi connectivity index (χ2v) is 12.8. The lowest BCUT2D eigenvalue weighted by Gasteiger charge is -2.38. The molecule has 0 unspecified atom stereocenters. The largest absolute Gasteiger partial charge is 0.495 e. The second-order valence-electron chi connectivity index (χ2n) is 7.96. The fraction of sp³-hybridized carbons (Fsp3) is 0.833. The topological polar surface area (TPSA) is 54.0 Å². The van der Waals surface area contributed by atoms with E-state index in [2.05, 4.69) is 45.5 Å². The van der Waals surface area contributed by atoms with E-state index in [0.717, 1.165) is 19.3 Å². The maximum absolute atomic E-state index is 11.1. The molecule has 1 rings (SSSR count). The molecule has 0 bridgehead atoms. The SMILES string of the molecule is COC(=O)/C=C/O[C@H]1CC[C@H](C)O[C@@H]1CCO[Si](C)(C)C(C)(C)C. The average Bonchev–Trinajstić information content (AvgIpc) is 2.47. The van der Waals surface area contributed by atoms with Crippen molar-refractivity contribution in [3.05, 3.63) is 12.3 Å². The van der Waals surface area contributed by atoms with E-state index >= 15 is 0 Å². The van der Waals surface area contributed by atoms with Crippen LogP contribution in [0.1, 0.15) is 47.0 Å². The first-order valence-electron chi connectivity index (χ1n) is 8.76. The van der Waals surface area contributed by atoms with Gasteiger partial charge in [0.1, 0.15) is 6.10 Å².